The summed E-state index contributed by atoms with van der Waals surface area (Å²) in [6, 6.07) is 13.9. The van der Waals surface area contributed by atoms with Crippen LogP contribution >= 0.6 is 11.6 Å². The molecule has 0 saturated heterocycles. The van der Waals surface area contributed by atoms with Gasteiger partial charge in [0.2, 0.25) is 0 Å². The Bertz CT molecular complexity index is 790. The van der Waals surface area contributed by atoms with Crippen LogP contribution in [0.2, 0.25) is 5.02 Å². The Morgan fingerprint density at radius 1 is 1.15 bits per heavy atom. The van der Waals surface area contributed by atoms with E-state index in [2.05, 4.69) is 21.2 Å². The molecule has 0 aliphatic rings. The summed E-state index contributed by atoms with van der Waals surface area (Å²) in [5.41, 5.74) is 4.81. The van der Waals surface area contributed by atoms with Gasteiger partial charge in [-0.15, -0.1) is 0 Å². The average molecular weight is 374 g/mol. The number of nitrogens with zero attached hydrogens (tertiary/aromatic N) is 2. The van der Waals surface area contributed by atoms with Crippen LogP contribution in [0.4, 0.5) is 16.2 Å². The van der Waals surface area contributed by atoms with Crippen molar-refractivity contribution >= 4 is 41.1 Å². The Hall–Kier alpha value is -3.06. The monoisotopic (exact) mass is 373 g/mol. The Labute approximate surface area is 157 Å². The fourth-order valence-electron chi connectivity index (χ4n) is 1.98. The number of hydrazone groups is 1. The van der Waals surface area contributed by atoms with Gasteiger partial charge in [-0.2, -0.15) is 5.10 Å². The molecule has 0 aromatic heterocycles. The van der Waals surface area contributed by atoms with Gasteiger partial charge < -0.3 is 15.5 Å². The van der Waals surface area contributed by atoms with Crippen LogP contribution in [-0.2, 0) is 4.79 Å². The molecule has 0 fully saturated rings. The minimum atomic E-state index is -0.509. The van der Waals surface area contributed by atoms with E-state index in [0.29, 0.717) is 10.7 Å². The standard InChI is InChI=1S/C18H20ClN5O2/c1-24(2)16-8-6-13(7-9-16)11-21-23-17(25)12-20-18(26)22-15-5-3-4-14(19)10-15/h3-11H,12H2,1-2H3,(H,23,25)(H2,20,22,26)/b21-11-. The highest BCUT2D eigenvalue weighted by Gasteiger charge is 2.05. The summed E-state index contributed by atoms with van der Waals surface area (Å²) in [6.45, 7) is -0.205. The molecule has 0 aliphatic heterocycles. The molecule has 0 saturated carbocycles. The molecule has 0 aliphatic carbocycles. The van der Waals surface area contributed by atoms with Crippen molar-refractivity contribution in [3.63, 3.8) is 0 Å². The van der Waals surface area contributed by atoms with E-state index in [0.717, 1.165) is 11.3 Å². The van der Waals surface area contributed by atoms with E-state index in [1.165, 1.54) is 6.21 Å². The molecule has 0 atom stereocenters. The van der Waals surface area contributed by atoms with Crippen LogP contribution in [0.15, 0.2) is 53.6 Å². The Morgan fingerprint density at radius 2 is 1.88 bits per heavy atom. The lowest BCUT2D eigenvalue weighted by molar-refractivity contribution is -0.120. The zero-order chi connectivity index (χ0) is 18.9. The Kier molecular flexibility index (Phi) is 6.99. The molecule has 0 spiro atoms. The number of carbonyl (C=O) groups excluding carboxylic acids is 2. The molecule has 2 aromatic carbocycles. The second-order valence-corrected chi connectivity index (χ2v) is 6.03. The molecular formula is C18H20ClN5O2. The molecule has 8 heteroatoms. The van der Waals surface area contributed by atoms with Gasteiger partial charge in [-0.3, -0.25) is 4.79 Å². The molecule has 0 unspecified atom stereocenters. The summed E-state index contributed by atoms with van der Waals surface area (Å²) < 4.78 is 0. The summed E-state index contributed by atoms with van der Waals surface area (Å²) in [4.78, 5) is 25.4. The minimum Gasteiger partial charge on any atom is -0.378 e. The van der Waals surface area contributed by atoms with E-state index in [1.54, 1.807) is 24.3 Å². The van der Waals surface area contributed by atoms with Crippen LogP contribution in [0.3, 0.4) is 0 Å². The van der Waals surface area contributed by atoms with Crippen molar-refractivity contribution in [2.24, 2.45) is 5.10 Å². The van der Waals surface area contributed by atoms with Gasteiger partial charge in [-0.25, -0.2) is 10.2 Å². The van der Waals surface area contributed by atoms with E-state index < -0.39 is 11.9 Å². The lowest BCUT2D eigenvalue weighted by Gasteiger charge is -2.11. The van der Waals surface area contributed by atoms with E-state index in [4.69, 9.17) is 11.6 Å². The van der Waals surface area contributed by atoms with E-state index >= 15 is 0 Å². The summed E-state index contributed by atoms with van der Waals surface area (Å²) in [6.07, 6.45) is 1.53. The third kappa shape index (κ3) is 6.45. The van der Waals surface area contributed by atoms with Crippen LogP contribution in [-0.4, -0.2) is 38.8 Å². The van der Waals surface area contributed by atoms with E-state index in [1.807, 2.05) is 43.3 Å². The largest absolute Gasteiger partial charge is 0.378 e. The molecule has 2 aromatic rings. The van der Waals surface area contributed by atoms with Gasteiger partial charge in [-0.05, 0) is 35.9 Å². The molecule has 0 radical (unpaired) electrons. The molecule has 136 valence electrons. The quantitative estimate of drug-likeness (QED) is 0.537. The Morgan fingerprint density at radius 3 is 2.54 bits per heavy atom. The number of rotatable bonds is 6. The van der Waals surface area contributed by atoms with Crippen LogP contribution in [0.25, 0.3) is 0 Å². The van der Waals surface area contributed by atoms with Crippen molar-refractivity contribution in [1.29, 1.82) is 0 Å². The van der Waals surface area contributed by atoms with Crippen LogP contribution in [0.1, 0.15) is 5.56 Å². The van der Waals surface area contributed by atoms with Crippen molar-refractivity contribution in [3.8, 4) is 0 Å². The van der Waals surface area contributed by atoms with Crippen molar-refractivity contribution in [1.82, 2.24) is 10.7 Å². The van der Waals surface area contributed by atoms with Crippen LogP contribution < -0.4 is 21.0 Å². The summed E-state index contributed by atoms with van der Waals surface area (Å²) in [7, 11) is 3.91. The molecule has 0 heterocycles. The summed E-state index contributed by atoms with van der Waals surface area (Å²) in [5.74, 6) is -0.438. The predicted molar refractivity (Wildman–Crippen MR) is 105 cm³/mol. The number of carbonyl (C=O) groups is 2. The van der Waals surface area contributed by atoms with Crippen molar-refractivity contribution in [2.45, 2.75) is 0 Å². The smallest absolute Gasteiger partial charge is 0.319 e. The second kappa shape index (κ2) is 9.43. The first-order valence-electron chi connectivity index (χ1n) is 7.84. The van der Waals surface area contributed by atoms with Gasteiger partial charge >= 0.3 is 6.03 Å². The number of hydrogen-bond acceptors (Lipinski definition) is 4. The zero-order valence-electron chi connectivity index (χ0n) is 14.5. The molecule has 3 amide bonds. The SMILES string of the molecule is CN(C)c1ccc(/C=N\NC(=O)CNC(=O)Nc2cccc(Cl)c2)cc1. The zero-order valence-corrected chi connectivity index (χ0v) is 15.2. The number of amides is 3. The molecule has 26 heavy (non-hydrogen) atoms. The first-order valence-corrected chi connectivity index (χ1v) is 8.21. The number of benzene rings is 2. The first kappa shape index (κ1) is 19.3. The number of halogens is 1. The third-order valence-corrected chi connectivity index (χ3v) is 3.54. The average Bonchev–Trinajstić information content (AvgIpc) is 2.60. The third-order valence-electron chi connectivity index (χ3n) is 3.30. The molecule has 7 nitrogen and oxygen atoms in total. The van der Waals surface area contributed by atoms with Gasteiger partial charge in [0.15, 0.2) is 0 Å². The second-order valence-electron chi connectivity index (χ2n) is 5.60. The predicted octanol–water partition coefficient (Wildman–Crippen LogP) is 2.68. The summed E-state index contributed by atoms with van der Waals surface area (Å²) >= 11 is 5.83. The molecular weight excluding hydrogens is 354 g/mol. The van der Waals surface area contributed by atoms with Gasteiger partial charge in [-0.1, -0.05) is 29.8 Å². The van der Waals surface area contributed by atoms with Gasteiger partial charge in [0.1, 0.15) is 6.54 Å². The van der Waals surface area contributed by atoms with Crippen molar-refractivity contribution in [2.75, 3.05) is 30.9 Å². The fraction of sp³-hybridized carbons (Fsp3) is 0.167. The van der Waals surface area contributed by atoms with Crippen LogP contribution in [0, 0.1) is 0 Å². The van der Waals surface area contributed by atoms with E-state index in [9.17, 15) is 9.59 Å². The minimum absolute atomic E-state index is 0.205. The van der Waals surface area contributed by atoms with Gasteiger partial charge in [0.05, 0.1) is 6.21 Å². The number of urea groups is 1. The number of anilines is 2. The lowest BCUT2D eigenvalue weighted by Crippen LogP contribution is -2.37. The van der Waals surface area contributed by atoms with Gasteiger partial charge in [0, 0.05) is 30.5 Å². The maximum atomic E-state index is 11.7. The molecule has 3 N–H and O–H groups in total. The van der Waals surface area contributed by atoms with Crippen LogP contribution in [0.5, 0.6) is 0 Å². The Balaban J connectivity index is 1.73. The highest BCUT2D eigenvalue weighted by Crippen LogP contribution is 2.14. The number of nitrogens with one attached hydrogen (secondary N) is 3. The first-order chi connectivity index (χ1) is 12.4. The maximum absolute atomic E-state index is 11.7. The van der Waals surface area contributed by atoms with Crippen molar-refractivity contribution < 1.29 is 9.59 Å². The highest BCUT2D eigenvalue weighted by atomic mass is 35.5. The number of hydrogen-bond donors (Lipinski definition) is 3. The normalized spacial score (nSPS) is 10.4. The molecule has 2 rings (SSSR count). The molecule has 0 bridgehead atoms. The maximum Gasteiger partial charge on any atom is 0.319 e. The summed E-state index contributed by atoms with van der Waals surface area (Å²) in [5, 5.41) is 9.38. The van der Waals surface area contributed by atoms with Gasteiger partial charge in [0.25, 0.3) is 5.91 Å². The van der Waals surface area contributed by atoms with E-state index in [-0.39, 0.29) is 6.54 Å². The highest BCUT2D eigenvalue weighted by molar-refractivity contribution is 6.30. The lowest BCUT2D eigenvalue weighted by atomic mass is 10.2. The van der Waals surface area contributed by atoms with Crippen molar-refractivity contribution in [3.05, 3.63) is 59.1 Å². The fourth-order valence-corrected chi connectivity index (χ4v) is 2.17. The topological polar surface area (TPSA) is 85.8 Å².